The van der Waals surface area contributed by atoms with Crippen molar-refractivity contribution in [1.82, 2.24) is 9.80 Å². The van der Waals surface area contributed by atoms with Crippen molar-refractivity contribution < 1.29 is 28.9 Å². The molecule has 0 bridgehead atoms. The highest BCUT2D eigenvalue weighted by Crippen LogP contribution is 2.48. The van der Waals surface area contributed by atoms with Gasteiger partial charge in [-0.2, -0.15) is 0 Å². The van der Waals surface area contributed by atoms with Gasteiger partial charge in [0.15, 0.2) is 11.5 Å². The van der Waals surface area contributed by atoms with Crippen LogP contribution in [0.3, 0.4) is 0 Å². The first kappa shape index (κ1) is 25.7. The van der Waals surface area contributed by atoms with E-state index in [2.05, 4.69) is 13.8 Å². The number of ether oxygens (including phenoxy) is 3. The fourth-order valence-corrected chi connectivity index (χ4v) is 5.18. The third-order valence-electron chi connectivity index (χ3n) is 7.15. The van der Waals surface area contributed by atoms with Crippen molar-refractivity contribution >= 4 is 12.0 Å². The molecule has 0 spiro atoms. The number of carbonyl (C=O) groups is 2. The molecule has 4 rings (SSSR count). The number of benzene rings is 2. The summed E-state index contributed by atoms with van der Waals surface area (Å²) in [6.45, 7) is 5.99. The van der Waals surface area contributed by atoms with Crippen LogP contribution in [0, 0.1) is 5.92 Å². The van der Waals surface area contributed by atoms with Crippen LogP contribution >= 0.6 is 0 Å². The summed E-state index contributed by atoms with van der Waals surface area (Å²) in [5.74, 6) is -0.207. The number of carbonyl (C=O) groups excluding carboxylic acids is 1. The van der Waals surface area contributed by atoms with E-state index in [4.69, 9.17) is 14.2 Å². The van der Waals surface area contributed by atoms with Crippen LogP contribution in [0.15, 0.2) is 42.5 Å². The zero-order chi connectivity index (χ0) is 25.7. The second kappa shape index (κ2) is 11.5. The van der Waals surface area contributed by atoms with E-state index in [9.17, 15) is 14.7 Å². The summed E-state index contributed by atoms with van der Waals surface area (Å²) in [5, 5.41) is 10.5. The molecule has 8 nitrogen and oxygen atoms in total. The zero-order valence-corrected chi connectivity index (χ0v) is 21.3. The Morgan fingerprint density at radius 3 is 2.25 bits per heavy atom. The average molecular weight is 497 g/mol. The van der Waals surface area contributed by atoms with Gasteiger partial charge in [-0.1, -0.05) is 44.9 Å². The van der Waals surface area contributed by atoms with Gasteiger partial charge in [-0.3, -0.25) is 4.79 Å². The molecule has 194 valence electrons. The van der Waals surface area contributed by atoms with Gasteiger partial charge in [0.2, 0.25) is 6.79 Å². The molecule has 2 amide bonds. The Hall–Kier alpha value is -3.42. The molecule has 36 heavy (non-hydrogen) atoms. The van der Waals surface area contributed by atoms with Crippen LogP contribution < -0.4 is 14.2 Å². The molecule has 3 atom stereocenters. The number of amides is 2. The molecule has 0 radical (unpaired) electrons. The van der Waals surface area contributed by atoms with Gasteiger partial charge in [0.1, 0.15) is 5.75 Å². The Labute approximate surface area is 212 Å². The Kier molecular flexibility index (Phi) is 8.23. The number of hydrogen-bond acceptors (Lipinski definition) is 5. The predicted molar refractivity (Wildman–Crippen MR) is 136 cm³/mol. The number of likely N-dealkylation sites (tertiary alicyclic amines) is 1. The number of carboxylic acids is 1. The van der Waals surface area contributed by atoms with Crippen LogP contribution in [0.4, 0.5) is 4.79 Å². The number of fused-ring (bicyclic) bond motifs is 1. The standard InChI is InChI=1S/C28H36N2O6/c1-4-6-14-29(15-7-5-2)28(33)30-17-22(20-10-13-23-24(16-20)36-18-35-23)25(27(31)32)26(30)19-8-11-21(34-3)12-9-19/h8-13,16,22,25-26H,4-7,14-15,17-18H2,1-3H3,(H,31,32). The molecule has 2 aromatic carbocycles. The van der Waals surface area contributed by atoms with E-state index in [0.29, 0.717) is 36.9 Å². The number of carboxylic acid groups (broad SMARTS) is 1. The van der Waals surface area contributed by atoms with Crippen LogP contribution in [0.25, 0.3) is 0 Å². The van der Waals surface area contributed by atoms with Crippen molar-refractivity contribution in [1.29, 1.82) is 0 Å². The van der Waals surface area contributed by atoms with E-state index in [1.807, 2.05) is 47.4 Å². The molecule has 1 N–H and O–H groups in total. The lowest BCUT2D eigenvalue weighted by Gasteiger charge is -2.33. The monoisotopic (exact) mass is 496 g/mol. The molecular formula is C28H36N2O6. The zero-order valence-electron chi connectivity index (χ0n) is 21.3. The first-order valence-corrected chi connectivity index (χ1v) is 12.8. The van der Waals surface area contributed by atoms with Crippen molar-refractivity contribution in [3.8, 4) is 17.2 Å². The second-order valence-corrected chi connectivity index (χ2v) is 9.43. The fraction of sp³-hybridized carbons (Fsp3) is 0.500. The summed E-state index contributed by atoms with van der Waals surface area (Å²) in [6, 6.07) is 12.2. The maximum atomic E-state index is 14.0. The van der Waals surface area contributed by atoms with Gasteiger partial charge in [-0.25, -0.2) is 4.79 Å². The molecule has 3 unspecified atom stereocenters. The van der Waals surface area contributed by atoms with Gasteiger partial charge in [-0.05, 0) is 48.2 Å². The van der Waals surface area contributed by atoms with E-state index in [1.54, 1.807) is 12.0 Å². The maximum Gasteiger partial charge on any atom is 0.320 e. The predicted octanol–water partition coefficient (Wildman–Crippen LogP) is 5.29. The Morgan fingerprint density at radius 1 is 1.00 bits per heavy atom. The van der Waals surface area contributed by atoms with Gasteiger partial charge in [0.05, 0.1) is 19.1 Å². The third kappa shape index (κ3) is 5.22. The molecule has 2 aliphatic rings. The van der Waals surface area contributed by atoms with E-state index < -0.39 is 23.8 Å². The lowest BCUT2D eigenvalue weighted by Crippen LogP contribution is -2.44. The third-order valence-corrected chi connectivity index (χ3v) is 7.15. The van der Waals surface area contributed by atoms with Crippen LogP contribution in [-0.2, 0) is 4.79 Å². The second-order valence-electron chi connectivity index (χ2n) is 9.43. The molecule has 8 heteroatoms. The molecule has 2 aliphatic heterocycles. The fourth-order valence-electron chi connectivity index (χ4n) is 5.18. The topological polar surface area (TPSA) is 88.5 Å². The van der Waals surface area contributed by atoms with Gasteiger partial charge in [-0.15, -0.1) is 0 Å². The first-order chi connectivity index (χ1) is 17.5. The SMILES string of the molecule is CCCCN(CCCC)C(=O)N1CC(c2ccc3c(c2)OCO3)C(C(=O)O)C1c1ccc(OC)cc1. The van der Waals surface area contributed by atoms with Crippen LogP contribution in [0.5, 0.6) is 17.2 Å². The summed E-state index contributed by atoms with van der Waals surface area (Å²) in [5.41, 5.74) is 1.61. The van der Waals surface area contributed by atoms with Crippen molar-refractivity contribution in [2.75, 3.05) is 33.5 Å². The Morgan fingerprint density at radius 2 is 1.64 bits per heavy atom. The van der Waals surface area contributed by atoms with Crippen molar-refractivity contribution in [2.24, 2.45) is 5.92 Å². The highest BCUT2D eigenvalue weighted by molar-refractivity contribution is 5.80. The lowest BCUT2D eigenvalue weighted by molar-refractivity contribution is -0.143. The summed E-state index contributed by atoms with van der Waals surface area (Å²) >= 11 is 0. The van der Waals surface area contributed by atoms with Crippen LogP contribution in [0.1, 0.15) is 62.6 Å². The van der Waals surface area contributed by atoms with Crippen molar-refractivity contribution in [2.45, 2.75) is 51.5 Å². The average Bonchev–Trinajstić information content (AvgIpc) is 3.53. The minimum Gasteiger partial charge on any atom is -0.497 e. The highest BCUT2D eigenvalue weighted by Gasteiger charge is 2.50. The van der Waals surface area contributed by atoms with Crippen molar-refractivity contribution in [3.05, 3.63) is 53.6 Å². The Bertz CT molecular complexity index is 1050. The summed E-state index contributed by atoms with van der Waals surface area (Å²) in [4.78, 5) is 30.4. The van der Waals surface area contributed by atoms with Crippen molar-refractivity contribution in [3.63, 3.8) is 0 Å². The molecule has 2 heterocycles. The Balaban J connectivity index is 1.74. The van der Waals surface area contributed by atoms with E-state index in [-0.39, 0.29) is 12.8 Å². The minimum atomic E-state index is -0.928. The minimum absolute atomic E-state index is 0.104. The number of methoxy groups -OCH3 is 1. The van der Waals surface area contributed by atoms with E-state index in [0.717, 1.165) is 36.8 Å². The summed E-state index contributed by atoms with van der Waals surface area (Å²) in [7, 11) is 1.59. The van der Waals surface area contributed by atoms with Gasteiger partial charge in [0, 0.05) is 25.6 Å². The molecule has 2 aromatic rings. The molecule has 0 aromatic heterocycles. The number of urea groups is 1. The van der Waals surface area contributed by atoms with Gasteiger partial charge in [0.25, 0.3) is 0 Å². The largest absolute Gasteiger partial charge is 0.497 e. The molecule has 0 saturated carbocycles. The van der Waals surface area contributed by atoms with Gasteiger partial charge < -0.3 is 29.1 Å². The molecule has 1 saturated heterocycles. The first-order valence-electron chi connectivity index (χ1n) is 12.8. The van der Waals surface area contributed by atoms with Crippen LogP contribution in [-0.4, -0.2) is 60.4 Å². The van der Waals surface area contributed by atoms with Crippen LogP contribution in [0.2, 0.25) is 0 Å². The van der Waals surface area contributed by atoms with Gasteiger partial charge >= 0.3 is 12.0 Å². The maximum absolute atomic E-state index is 14.0. The lowest BCUT2D eigenvalue weighted by atomic mass is 9.83. The number of rotatable bonds is 10. The number of hydrogen-bond donors (Lipinski definition) is 1. The number of unbranched alkanes of at least 4 members (excludes halogenated alkanes) is 2. The van der Waals surface area contributed by atoms with E-state index in [1.165, 1.54) is 0 Å². The number of nitrogens with zero attached hydrogens (tertiary/aromatic N) is 2. The summed E-state index contributed by atoms with van der Waals surface area (Å²) in [6.07, 6.45) is 3.78. The smallest absolute Gasteiger partial charge is 0.320 e. The molecule has 1 fully saturated rings. The number of aliphatic carboxylic acids is 1. The molecular weight excluding hydrogens is 460 g/mol. The highest BCUT2D eigenvalue weighted by atomic mass is 16.7. The van der Waals surface area contributed by atoms with E-state index >= 15 is 0 Å². The molecule has 0 aliphatic carbocycles. The normalized spacial score (nSPS) is 20.4. The summed E-state index contributed by atoms with van der Waals surface area (Å²) < 4.78 is 16.3. The quantitative estimate of drug-likeness (QED) is 0.481.